The van der Waals surface area contributed by atoms with E-state index in [2.05, 4.69) is 10.3 Å². The fraction of sp³-hybridized carbons (Fsp3) is 0.200. The Kier molecular flexibility index (Phi) is 6.33. The number of ether oxygens (including phenoxy) is 1. The van der Waals surface area contributed by atoms with Crippen molar-refractivity contribution in [3.8, 4) is 5.75 Å². The van der Waals surface area contributed by atoms with Gasteiger partial charge < -0.3 is 10.1 Å². The molecular formula is C20H19N3O4S. The summed E-state index contributed by atoms with van der Waals surface area (Å²) in [4.78, 5) is 27.3. The standard InChI is InChI=1S/C20H19N3O4S/c1-2-15-13-28-19(21-15)18(12-14-8-10-16(11-9-14)23(25)26)22-20(24)27-17-6-4-3-5-7-17/h3-11,13,18H,2,12H2,1H3,(H,22,24)/t18-/m0/s1. The summed E-state index contributed by atoms with van der Waals surface area (Å²) >= 11 is 1.47. The number of rotatable bonds is 7. The molecule has 1 atom stereocenters. The Labute approximate surface area is 166 Å². The molecule has 0 aliphatic heterocycles. The molecule has 7 nitrogen and oxygen atoms in total. The lowest BCUT2D eigenvalue weighted by Gasteiger charge is -2.16. The molecule has 0 saturated carbocycles. The van der Waals surface area contributed by atoms with E-state index in [9.17, 15) is 14.9 Å². The quantitative estimate of drug-likeness (QED) is 0.461. The van der Waals surface area contributed by atoms with Gasteiger partial charge in [-0.2, -0.15) is 0 Å². The highest BCUT2D eigenvalue weighted by molar-refractivity contribution is 7.09. The zero-order chi connectivity index (χ0) is 19.9. The van der Waals surface area contributed by atoms with Crippen molar-refractivity contribution in [2.24, 2.45) is 0 Å². The van der Waals surface area contributed by atoms with Crippen molar-refractivity contribution in [3.05, 3.63) is 86.4 Å². The molecule has 0 saturated heterocycles. The Morgan fingerprint density at radius 2 is 1.93 bits per heavy atom. The van der Waals surface area contributed by atoms with E-state index < -0.39 is 17.1 Å². The molecule has 3 aromatic rings. The van der Waals surface area contributed by atoms with Gasteiger partial charge in [0.1, 0.15) is 10.8 Å². The number of para-hydroxylation sites is 1. The van der Waals surface area contributed by atoms with Gasteiger partial charge in [-0.1, -0.05) is 37.3 Å². The monoisotopic (exact) mass is 397 g/mol. The molecule has 0 aliphatic rings. The number of nitrogens with one attached hydrogen (secondary N) is 1. The van der Waals surface area contributed by atoms with Crippen molar-refractivity contribution in [1.29, 1.82) is 0 Å². The van der Waals surface area contributed by atoms with Crippen molar-refractivity contribution in [2.45, 2.75) is 25.8 Å². The summed E-state index contributed by atoms with van der Waals surface area (Å²) in [6.45, 7) is 2.02. The lowest BCUT2D eigenvalue weighted by Crippen LogP contribution is -2.32. The van der Waals surface area contributed by atoms with Crippen LogP contribution in [0.1, 0.15) is 29.2 Å². The first kappa shape index (κ1) is 19.5. The highest BCUT2D eigenvalue weighted by Crippen LogP contribution is 2.24. The Hall–Kier alpha value is -3.26. The topological polar surface area (TPSA) is 94.4 Å². The number of nitro groups is 1. The second-order valence-corrected chi connectivity index (χ2v) is 6.95. The van der Waals surface area contributed by atoms with Gasteiger partial charge in [0.25, 0.3) is 5.69 Å². The van der Waals surface area contributed by atoms with E-state index in [1.165, 1.54) is 23.5 Å². The summed E-state index contributed by atoms with van der Waals surface area (Å²) in [5.41, 5.74) is 1.83. The van der Waals surface area contributed by atoms with Crippen molar-refractivity contribution < 1.29 is 14.5 Å². The molecule has 0 spiro atoms. The minimum absolute atomic E-state index is 0.0271. The molecule has 28 heavy (non-hydrogen) atoms. The minimum Gasteiger partial charge on any atom is -0.410 e. The highest BCUT2D eigenvalue weighted by Gasteiger charge is 2.20. The number of hydrogen-bond acceptors (Lipinski definition) is 6. The van der Waals surface area contributed by atoms with Gasteiger partial charge in [0, 0.05) is 17.5 Å². The molecule has 1 amide bonds. The van der Waals surface area contributed by atoms with Crippen molar-refractivity contribution >= 4 is 23.1 Å². The Balaban J connectivity index is 1.76. The summed E-state index contributed by atoms with van der Waals surface area (Å²) in [5, 5.41) is 16.4. The van der Waals surface area contributed by atoms with Crippen LogP contribution >= 0.6 is 11.3 Å². The maximum Gasteiger partial charge on any atom is 0.413 e. The Morgan fingerprint density at radius 1 is 1.21 bits per heavy atom. The average molecular weight is 397 g/mol. The number of amides is 1. The minimum atomic E-state index is -0.577. The number of hydrogen-bond donors (Lipinski definition) is 1. The number of carbonyl (C=O) groups excluding carboxylic acids is 1. The summed E-state index contributed by atoms with van der Waals surface area (Å²) in [7, 11) is 0. The van der Waals surface area contributed by atoms with Gasteiger partial charge in [-0.3, -0.25) is 10.1 Å². The molecule has 8 heteroatoms. The van der Waals surface area contributed by atoms with Crippen LogP contribution in [0.25, 0.3) is 0 Å². The predicted molar refractivity (Wildman–Crippen MR) is 107 cm³/mol. The number of carbonyl (C=O) groups is 1. The molecular weight excluding hydrogens is 378 g/mol. The maximum absolute atomic E-state index is 12.4. The first-order valence-corrected chi connectivity index (χ1v) is 9.64. The molecule has 3 rings (SSSR count). The average Bonchev–Trinajstić information content (AvgIpc) is 3.18. The lowest BCUT2D eigenvalue weighted by atomic mass is 10.1. The van der Waals surface area contributed by atoms with Gasteiger partial charge in [-0.05, 0) is 30.5 Å². The fourth-order valence-electron chi connectivity index (χ4n) is 2.60. The van der Waals surface area contributed by atoms with E-state index in [0.29, 0.717) is 12.2 Å². The molecule has 0 fully saturated rings. The molecule has 0 aliphatic carbocycles. The van der Waals surface area contributed by atoms with Crippen LogP contribution in [0.4, 0.5) is 10.5 Å². The number of thiazole rings is 1. The summed E-state index contributed by atoms with van der Waals surface area (Å²) in [6, 6.07) is 14.7. The van der Waals surface area contributed by atoms with E-state index in [-0.39, 0.29) is 5.69 Å². The zero-order valence-corrected chi connectivity index (χ0v) is 16.0. The molecule has 0 unspecified atom stereocenters. The second kappa shape index (κ2) is 9.09. The fourth-order valence-corrected chi connectivity index (χ4v) is 3.55. The van der Waals surface area contributed by atoms with E-state index in [0.717, 1.165) is 22.7 Å². The maximum atomic E-state index is 12.4. The molecule has 0 bridgehead atoms. The number of non-ortho nitro benzene ring substituents is 1. The van der Waals surface area contributed by atoms with Gasteiger partial charge in [0.2, 0.25) is 0 Å². The molecule has 0 radical (unpaired) electrons. The zero-order valence-electron chi connectivity index (χ0n) is 15.2. The second-order valence-electron chi connectivity index (χ2n) is 6.06. The van der Waals surface area contributed by atoms with Crippen LogP contribution in [0.15, 0.2) is 60.0 Å². The molecule has 1 aromatic heterocycles. The third kappa shape index (κ3) is 5.14. The number of nitro benzene ring substituents is 1. The summed E-state index contributed by atoms with van der Waals surface area (Å²) < 4.78 is 5.33. The Morgan fingerprint density at radius 3 is 2.54 bits per heavy atom. The Bertz CT molecular complexity index is 942. The summed E-state index contributed by atoms with van der Waals surface area (Å²) in [5.74, 6) is 0.447. The summed E-state index contributed by atoms with van der Waals surface area (Å²) in [6.07, 6.45) is 0.666. The number of aryl methyl sites for hydroxylation is 1. The van der Waals surface area contributed by atoms with Crippen LogP contribution < -0.4 is 10.1 Å². The van der Waals surface area contributed by atoms with Crippen molar-refractivity contribution in [1.82, 2.24) is 10.3 Å². The van der Waals surface area contributed by atoms with Crippen LogP contribution in [0.2, 0.25) is 0 Å². The normalized spacial score (nSPS) is 11.6. The van der Waals surface area contributed by atoms with Gasteiger partial charge in [-0.25, -0.2) is 9.78 Å². The van der Waals surface area contributed by atoms with Gasteiger partial charge in [0.15, 0.2) is 0 Å². The smallest absolute Gasteiger partial charge is 0.410 e. The lowest BCUT2D eigenvalue weighted by molar-refractivity contribution is -0.384. The van der Waals surface area contributed by atoms with E-state index in [1.807, 2.05) is 18.4 Å². The number of aromatic nitrogens is 1. The van der Waals surface area contributed by atoms with E-state index >= 15 is 0 Å². The van der Waals surface area contributed by atoms with E-state index in [4.69, 9.17) is 4.74 Å². The van der Waals surface area contributed by atoms with Crippen molar-refractivity contribution in [3.63, 3.8) is 0 Å². The van der Waals surface area contributed by atoms with Gasteiger partial charge >= 0.3 is 6.09 Å². The van der Waals surface area contributed by atoms with Crippen LogP contribution in [0.5, 0.6) is 5.75 Å². The van der Waals surface area contributed by atoms with Gasteiger partial charge in [-0.15, -0.1) is 11.3 Å². The SMILES string of the molecule is CCc1csc([C@H](Cc2ccc([N+](=O)[O-])cc2)NC(=O)Oc2ccccc2)n1. The molecule has 1 N–H and O–H groups in total. The molecule has 2 aromatic carbocycles. The third-order valence-corrected chi connectivity index (χ3v) is 5.07. The van der Waals surface area contributed by atoms with Crippen molar-refractivity contribution in [2.75, 3.05) is 0 Å². The first-order chi connectivity index (χ1) is 13.5. The highest BCUT2D eigenvalue weighted by atomic mass is 32.1. The van der Waals surface area contributed by atoms with Crippen LogP contribution in [-0.4, -0.2) is 16.0 Å². The van der Waals surface area contributed by atoms with Crippen LogP contribution in [-0.2, 0) is 12.8 Å². The first-order valence-electron chi connectivity index (χ1n) is 8.76. The van der Waals surface area contributed by atoms with E-state index in [1.54, 1.807) is 36.4 Å². The van der Waals surface area contributed by atoms with Crippen LogP contribution in [0, 0.1) is 10.1 Å². The molecule has 1 heterocycles. The third-order valence-electron chi connectivity index (χ3n) is 4.06. The van der Waals surface area contributed by atoms with Gasteiger partial charge in [0.05, 0.1) is 16.7 Å². The predicted octanol–water partition coefficient (Wildman–Crippen LogP) is 4.69. The van der Waals surface area contributed by atoms with Crippen LogP contribution in [0.3, 0.4) is 0 Å². The number of benzene rings is 2. The number of nitrogens with zero attached hydrogens (tertiary/aromatic N) is 2. The largest absolute Gasteiger partial charge is 0.413 e. The molecule has 144 valence electrons.